The second-order valence-corrected chi connectivity index (χ2v) is 4.88. The maximum atomic E-state index is 12.3. The Hall–Kier alpha value is -0.570. The second-order valence-electron chi connectivity index (χ2n) is 4.88. The predicted octanol–water partition coefficient (Wildman–Crippen LogP) is 2.01. The summed E-state index contributed by atoms with van der Waals surface area (Å²) in [5.41, 5.74) is 5.71. The van der Waals surface area contributed by atoms with Crippen LogP contribution in [0.4, 0.5) is 0 Å². The highest BCUT2D eigenvalue weighted by Crippen LogP contribution is 2.29. The fourth-order valence-electron chi connectivity index (χ4n) is 2.68. The van der Waals surface area contributed by atoms with Crippen molar-refractivity contribution in [2.45, 2.75) is 46.0 Å². The van der Waals surface area contributed by atoms with E-state index in [2.05, 4.69) is 13.8 Å². The van der Waals surface area contributed by atoms with Crippen LogP contribution in [0.1, 0.15) is 46.0 Å². The topological polar surface area (TPSA) is 46.3 Å². The van der Waals surface area contributed by atoms with E-state index in [4.69, 9.17) is 5.73 Å². The zero-order valence-electron chi connectivity index (χ0n) is 10.7. The van der Waals surface area contributed by atoms with E-state index < -0.39 is 0 Å². The molecule has 16 heavy (non-hydrogen) atoms. The minimum absolute atomic E-state index is 0.244. The van der Waals surface area contributed by atoms with Gasteiger partial charge in [-0.1, -0.05) is 13.3 Å². The molecule has 0 aromatic carbocycles. The number of carbonyl (C=O) groups is 1. The Bertz CT molecular complexity index is 218. The molecular weight excluding hydrogens is 200 g/mol. The van der Waals surface area contributed by atoms with E-state index in [1.54, 1.807) is 0 Å². The molecule has 0 aliphatic heterocycles. The first-order valence-electron chi connectivity index (χ1n) is 6.71. The molecule has 0 bridgehead atoms. The minimum Gasteiger partial charge on any atom is -0.343 e. The van der Waals surface area contributed by atoms with E-state index in [1.807, 2.05) is 4.90 Å². The van der Waals surface area contributed by atoms with Crippen LogP contribution < -0.4 is 5.73 Å². The fourth-order valence-corrected chi connectivity index (χ4v) is 2.68. The van der Waals surface area contributed by atoms with Gasteiger partial charge in [-0.3, -0.25) is 4.79 Å². The monoisotopic (exact) mass is 226 g/mol. The van der Waals surface area contributed by atoms with Crippen LogP contribution in [0, 0.1) is 11.8 Å². The van der Waals surface area contributed by atoms with Crippen molar-refractivity contribution in [1.82, 2.24) is 4.90 Å². The zero-order valence-corrected chi connectivity index (χ0v) is 10.7. The average Bonchev–Trinajstić information content (AvgIpc) is 2.35. The van der Waals surface area contributed by atoms with Crippen molar-refractivity contribution >= 4 is 5.91 Å². The molecule has 0 aromatic rings. The molecule has 1 saturated carbocycles. The molecule has 1 amide bonds. The van der Waals surface area contributed by atoms with Gasteiger partial charge in [-0.05, 0) is 45.1 Å². The van der Waals surface area contributed by atoms with Crippen molar-refractivity contribution in [3.8, 4) is 0 Å². The smallest absolute Gasteiger partial charge is 0.225 e. The van der Waals surface area contributed by atoms with E-state index in [9.17, 15) is 4.79 Å². The number of amides is 1. The van der Waals surface area contributed by atoms with Gasteiger partial charge in [0.2, 0.25) is 5.91 Å². The lowest BCUT2D eigenvalue weighted by molar-refractivity contribution is -0.136. The van der Waals surface area contributed by atoms with E-state index in [-0.39, 0.29) is 5.92 Å². The Kier molecular flexibility index (Phi) is 5.81. The van der Waals surface area contributed by atoms with Crippen LogP contribution in [-0.4, -0.2) is 30.4 Å². The van der Waals surface area contributed by atoms with Gasteiger partial charge in [0.25, 0.3) is 0 Å². The number of carbonyl (C=O) groups excluding carboxylic acids is 1. The highest BCUT2D eigenvalue weighted by atomic mass is 16.2. The normalized spacial score (nSPS) is 25.4. The molecule has 1 rings (SSSR count). The number of nitrogens with zero attached hydrogens (tertiary/aromatic N) is 1. The third-order valence-electron chi connectivity index (χ3n) is 3.65. The lowest BCUT2D eigenvalue weighted by Gasteiger charge is -2.31. The molecular formula is C13H26N2O. The molecule has 0 aromatic heterocycles. The van der Waals surface area contributed by atoms with Gasteiger partial charge in [-0.2, -0.15) is 0 Å². The summed E-state index contributed by atoms with van der Waals surface area (Å²) in [6.45, 7) is 6.68. The summed E-state index contributed by atoms with van der Waals surface area (Å²) in [5.74, 6) is 1.18. The molecule has 0 saturated heterocycles. The maximum Gasteiger partial charge on any atom is 0.225 e. The molecule has 2 unspecified atom stereocenters. The molecule has 1 fully saturated rings. The van der Waals surface area contributed by atoms with Crippen LogP contribution in [0.15, 0.2) is 0 Å². The molecule has 2 atom stereocenters. The van der Waals surface area contributed by atoms with Gasteiger partial charge in [0.05, 0.1) is 0 Å². The Balaban J connectivity index is 2.51. The predicted molar refractivity (Wildman–Crippen MR) is 67.0 cm³/mol. The lowest BCUT2D eigenvalue weighted by Crippen LogP contribution is -2.39. The second kappa shape index (κ2) is 6.89. The summed E-state index contributed by atoms with van der Waals surface area (Å²) in [6, 6.07) is 0. The van der Waals surface area contributed by atoms with Crippen molar-refractivity contribution in [1.29, 1.82) is 0 Å². The van der Waals surface area contributed by atoms with Gasteiger partial charge in [0.1, 0.15) is 0 Å². The first-order chi connectivity index (χ1) is 7.72. The standard InChI is InChI=1S/C13H26N2O/c1-3-8-15(4-2)13(16)12-7-5-6-11(9-12)10-14/h11-12H,3-10,14H2,1-2H3. The summed E-state index contributed by atoms with van der Waals surface area (Å²) in [7, 11) is 0. The minimum atomic E-state index is 0.244. The molecule has 0 spiro atoms. The summed E-state index contributed by atoms with van der Waals surface area (Å²) in [4.78, 5) is 14.3. The molecule has 94 valence electrons. The van der Waals surface area contributed by atoms with Crippen molar-refractivity contribution in [3.63, 3.8) is 0 Å². The summed E-state index contributed by atoms with van der Waals surface area (Å²) >= 11 is 0. The highest BCUT2D eigenvalue weighted by molar-refractivity contribution is 5.78. The van der Waals surface area contributed by atoms with Crippen molar-refractivity contribution in [2.75, 3.05) is 19.6 Å². The lowest BCUT2D eigenvalue weighted by atomic mass is 9.80. The number of hydrogen-bond donors (Lipinski definition) is 1. The molecule has 0 heterocycles. The van der Waals surface area contributed by atoms with Gasteiger partial charge >= 0.3 is 0 Å². The first kappa shape index (κ1) is 13.5. The third kappa shape index (κ3) is 3.48. The average molecular weight is 226 g/mol. The summed E-state index contributed by atoms with van der Waals surface area (Å²) in [5, 5.41) is 0. The molecule has 1 aliphatic rings. The molecule has 0 radical (unpaired) electrons. The van der Waals surface area contributed by atoms with Crippen LogP contribution in [-0.2, 0) is 4.79 Å². The zero-order chi connectivity index (χ0) is 12.0. The van der Waals surface area contributed by atoms with Gasteiger partial charge in [-0.15, -0.1) is 0 Å². The Morgan fingerprint density at radius 1 is 1.38 bits per heavy atom. The summed E-state index contributed by atoms with van der Waals surface area (Å²) in [6.07, 6.45) is 5.50. The summed E-state index contributed by atoms with van der Waals surface area (Å²) < 4.78 is 0. The van der Waals surface area contributed by atoms with Gasteiger partial charge in [0, 0.05) is 19.0 Å². The van der Waals surface area contributed by atoms with Crippen molar-refractivity contribution in [3.05, 3.63) is 0 Å². The largest absolute Gasteiger partial charge is 0.343 e. The van der Waals surface area contributed by atoms with Gasteiger partial charge < -0.3 is 10.6 Å². The Morgan fingerprint density at radius 3 is 2.69 bits per heavy atom. The number of nitrogens with two attached hydrogens (primary N) is 1. The van der Waals surface area contributed by atoms with Gasteiger partial charge in [0.15, 0.2) is 0 Å². The first-order valence-corrected chi connectivity index (χ1v) is 6.71. The molecule has 2 N–H and O–H groups in total. The highest BCUT2D eigenvalue weighted by Gasteiger charge is 2.28. The number of rotatable bonds is 5. The van der Waals surface area contributed by atoms with Crippen LogP contribution in [0.3, 0.4) is 0 Å². The van der Waals surface area contributed by atoms with E-state index >= 15 is 0 Å². The number of hydrogen-bond acceptors (Lipinski definition) is 2. The Morgan fingerprint density at radius 2 is 2.12 bits per heavy atom. The van der Waals surface area contributed by atoms with Crippen LogP contribution in [0.5, 0.6) is 0 Å². The van der Waals surface area contributed by atoms with Gasteiger partial charge in [-0.25, -0.2) is 0 Å². The SMILES string of the molecule is CCCN(CC)C(=O)C1CCCC(CN)C1. The van der Waals surface area contributed by atoms with Crippen LogP contribution >= 0.6 is 0 Å². The van der Waals surface area contributed by atoms with Crippen molar-refractivity contribution < 1.29 is 4.79 Å². The van der Waals surface area contributed by atoms with Crippen molar-refractivity contribution in [2.24, 2.45) is 17.6 Å². The van der Waals surface area contributed by atoms with E-state index in [0.717, 1.165) is 38.9 Å². The maximum absolute atomic E-state index is 12.3. The molecule has 1 aliphatic carbocycles. The van der Waals surface area contributed by atoms with Crippen LogP contribution in [0.25, 0.3) is 0 Å². The van der Waals surface area contributed by atoms with E-state index in [0.29, 0.717) is 11.8 Å². The quantitative estimate of drug-likeness (QED) is 0.779. The third-order valence-corrected chi connectivity index (χ3v) is 3.65. The molecule has 3 heteroatoms. The van der Waals surface area contributed by atoms with E-state index in [1.165, 1.54) is 12.8 Å². The fraction of sp³-hybridized carbons (Fsp3) is 0.923. The van der Waals surface area contributed by atoms with Crippen LogP contribution in [0.2, 0.25) is 0 Å². The molecule has 3 nitrogen and oxygen atoms in total. The Labute approximate surface area is 99.4 Å².